The van der Waals surface area contributed by atoms with E-state index in [0.717, 1.165) is 11.1 Å². The molecule has 0 saturated carbocycles. The van der Waals surface area contributed by atoms with Crippen LogP contribution < -0.4 is 0 Å². The fourth-order valence-electron chi connectivity index (χ4n) is 1.96. The predicted octanol–water partition coefficient (Wildman–Crippen LogP) is 4.37. The largest absolute Gasteiger partial charge is 0.191 e. The van der Waals surface area contributed by atoms with E-state index >= 15 is 0 Å². The highest BCUT2D eigenvalue weighted by Gasteiger charge is 2.18. The number of rotatable bonds is 1. The molecule has 4 nitrogen and oxygen atoms in total. The quantitative estimate of drug-likeness (QED) is 0.666. The van der Waals surface area contributed by atoms with Gasteiger partial charge in [0.15, 0.2) is 16.6 Å². The van der Waals surface area contributed by atoms with E-state index in [-0.39, 0.29) is 0 Å². The number of aromatic nitrogens is 4. The van der Waals surface area contributed by atoms with E-state index in [0.29, 0.717) is 32.2 Å². The van der Waals surface area contributed by atoms with Gasteiger partial charge in [0.2, 0.25) is 0 Å². The molecule has 0 fully saturated rings. The topological polar surface area (TPSA) is 43.1 Å². The van der Waals surface area contributed by atoms with Gasteiger partial charge in [-0.3, -0.25) is 0 Å². The minimum Gasteiger partial charge on any atom is -0.191 e. The summed E-state index contributed by atoms with van der Waals surface area (Å²) in [6.07, 6.45) is 0. The summed E-state index contributed by atoms with van der Waals surface area (Å²) >= 11 is 18.5. The van der Waals surface area contributed by atoms with Gasteiger partial charge in [0.25, 0.3) is 0 Å². The summed E-state index contributed by atoms with van der Waals surface area (Å²) in [4.78, 5) is 0. The van der Waals surface area contributed by atoms with Crippen LogP contribution in [0.3, 0.4) is 0 Å². The molecule has 0 atom stereocenters. The lowest BCUT2D eigenvalue weighted by Crippen LogP contribution is -2.00. The number of benzene rings is 1. The van der Waals surface area contributed by atoms with Gasteiger partial charge in [0.1, 0.15) is 0 Å². The van der Waals surface area contributed by atoms with Crippen LogP contribution in [-0.4, -0.2) is 19.8 Å². The first-order valence-corrected chi connectivity index (χ1v) is 6.96. The van der Waals surface area contributed by atoms with E-state index in [1.807, 2.05) is 13.8 Å². The fourth-order valence-corrected chi connectivity index (χ4v) is 2.74. The van der Waals surface area contributed by atoms with Crippen molar-refractivity contribution >= 4 is 40.4 Å². The molecule has 2 aromatic heterocycles. The SMILES string of the molecule is Cc1c(Cl)nn2c(-c3c(Cl)cccc3Cl)nnc2c1C. The maximum atomic E-state index is 6.21. The Morgan fingerprint density at radius 3 is 2.25 bits per heavy atom. The van der Waals surface area contributed by atoms with Crippen molar-refractivity contribution in [1.82, 2.24) is 19.8 Å². The van der Waals surface area contributed by atoms with Crippen LogP contribution in [0.1, 0.15) is 11.1 Å². The number of halogens is 3. The molecule has 20 heavy (non-hydrogen) atoms. The molecule has 0 saturated heterocycles. The number of aryl methyl sites for hydroxylation is 1. The zero-order valence-corrected chi connectivity index (χ0v) is 12.9. The standard InChI is InChI=1S/C13H9Cl3N4/c1-6-7(2)12-17-18-13(20(12)19-11(6)16)10-8(14)4-3-5-9(10)15/h3-5H,1-2H3. The zero-order chi connectivity index (χ0) is 14.4. The van der Waals surface area contributed by atoms with Crippen molar-refractivity contribution in [2.75, 3.05) is 0 Å². The fraction of sp³-hybridized carbons (Fsp3) is 0.154. The molecule has 0 aliphatic rings. The third-order valence-corrected chi connectivity index (χ3v) is 4.21. The smallest absolute Gasteiger partial charge is 0.188 e. The molecule has 0 unspecified atom stereocenters. The average Bonchev–Trinajstić information content (AvgIpc) is 2.80. The third-order valence-electron chi connectivity index (χ3n) is 3.22. The van der Waals surface area contributed by atoms with Crippen LogP contribution in [0.25, 0.3) is 17.0 Å². The number of hydrogen-bond donors (Lipinski definition) is 0. The summed E-state index contributed by atoms with van der Waals surface area (Å²) in [6, 6.07) is 5.26. The Morgan fingerprint density at radius 2 is 1.60 bits per heavy atom. The number of fused-ring (bicyclic) bond motifs is 1. The van der Waals surface area contributed by atoms with E-state index in [4.69, 9.17) is 34.8 Å². The molecule has 0 spiro atoms. The van der Waals surface area contributed by atoms with E-state index in [1.165, 1.54) is 0 Å². The highest BCUT2D eigenvalue weighted by molar-refractivity contribution is 6.39. The molecule has 102 valence electrons. The van der Waals surface area contributed by atoms with Crippen LogP contribution >= 0.6 is 34.8 Å². The Balaban J connectivity index is 2.39. The second-order valence-electron chi connectivity index (χ2n) is 4.40. The Kier molecular flexibility index (Phi) is 3.32. The molecule has 0 aliphatic heterocycles. The first kappa shape index (κ1) is 13.6. The maximum absolute atomic E-state index is 6.21. The molecule has 2 heterocycles. The van der Waals surface area contributed by atoms with Gasteiger partial charge in [-0.25, -0.2) is 0 Å². The molecule has 0 bridgehead atoms. The molecule has 3 rings (SSSR count). The predicted molar refractivity (Wildman–Crippen MR) is 80.7 cm³/mol. The zero-order valence-electron chi connectivity index (χ0n) is 10.7. The van der Waals surface area contributed by atoms with Crippen LogP contribution in [0.4, 0.5) is 0 Å². The first-order chi connectivity index (χ1) is 9.50. The third kappa shape index (κ3) is 1.95. The molecule has 3 aromatic rings. The Bertz CT molecular complexity index is 806. The summed E-state index contributed by atoms with van der Waals surface area (Å²) in [5.41, 5.74) is 3.03. The van der Waals surface area contributed by atoms with Crippen molar-refractivity contribution in [1.29, 1.82) is 0 Å². The van der Waals surface area contributed by atoms with Crippen molar-refractivity contribution in [3.05, 3.63) is 44.5 Å². The van der Waals surface area contributed by atoms with Crippen LogP contribution in [0, 0.1) is 13.8 Å². The van der Waals surface area contributed by atoms with E-state index in [9.17, 15) is 0 Å². The summed E-state index contributed by atoms with van der Waals surface area (Å²) in [6.45, 7) is 3.81. The van der Waals surface area contributed by atoms with Gasteiger partial charge in [-0.05, 0) is 31.5 Å². The molecule has 0 amide bonds. The maximum Gasteiger partial charge on any atom is 0.188 e. The second kappa shape index (κ2) is 4.88. The van der Waals surface area contributed by atoms with Crippen LogP contribution in [0.2, 0.25) is 15.2 Å². The Labute approximate surface area is 130 Å². The lowest BCUT2D eigenvalue weighted by molar-refractivity contribution is 0.919. The molecule has 1 aromatic carbocycles. The van der Waals surface area contributed by atoms with Crippen molar-refractivity contribution in [3.8, 4) is 11.4 Å². The van der Waals surface area contributed by atoms with Crippen molar-refractivity contribution in [2.24, 2.45) is 0 Å². The second-order valence-corrected chi connectivity index (χ2v) is 5.57. The van der Waals surface area contributed by atoms with Gasteiger partial charge >= 0.3 is 0 Å². The highest BCUT2D eigenvalue weighted by Crippen LogP contribution is 2.34. The summed E-state index contributed by atoms with van der Waals surface area (Å²) < 4.78 is 1.57. The van der Waals surface area contributed by atoms with Gasteiger partial charge in [-0.2, -0.15) is 9.61 Å². The Hall–Kier alpha value is -1.36. The molecule has 0 N–H and O–H groups in total. The average molecular weight is 328 g/mol. The van der Waals surface area contributed by atoms with Gasteiger partial charge in [0.05, 0.1) is 15.6 Å². The first-order valence-electron chi connectivity index (χ1n) is 5.83. The van der Waals surface area contributed by atoms with Crippen LogP contribution in [0.15, 0.2) is 18.2 Å². The minimum absolute atomic E-state index is 0.402. The number of nitrogens with zero attached hydrogens (tertiary/aromatic N) is 4. The summed E-state index contributed by atoms with van der Waals surface area (Å²) in [5, 5.41) is 14.0. The van der Waals surface area contributed by atoms with Crippen LogP contribution in [0.5, 0.6) is 0 Å². The number of hydrogen-bond acceptors (Lipinski definition) is 3. The van der Waals surface area contributed by atoms with Gasteiger partial charge < -0.3 is 0 Å². The van der Waals surface area contributed by atoms with Crippen molar-refractivity contribution in [3.63, 3.8) is 0 Å². The molecule has 7 heteroatoms. The van der Waals surface area contributed by atoms with Gasteiger partial charge in [-0.15, -0.1) is 10.2 Å². The van der Waals surface area contributed by atoms with Crippen LogP contribution in [-0.2, 0) is 0 Å². The lowest BCUT2D eigenvalue weighted by Gasteiger charge is -2.07. The highest BCUT2D eigenvalue weighted by atomic mass is 35.5. The van der Waals surface area contributed by atoms with E-state index in [1.54, 1.807) is 22.7 Å². The molecular formula is C13H9Cl3N4. The summed E-state index contributed by atoms with van der Waals surface area (Å²) in [7, 11) is 0. The van der Waals surface area contributed by atoms with Crippen molar-refractivity contribution in [2.45, 2.75) is 13.8 Å². The monoisotopic (exact) mass is 326 g/mol. The summed E-state index contributed by atoms with van der Waals surface area (Å²) in [5.74, 6) is 0.473. The molecule has 0 aliphatic carbocycles. The minimum atomic E-state index is 0.402. The normalized spacial score (nSPS) is 11.2. The van der Waals surface area contributed by atoms with Gasteiger partial charge in [-0.1, -0.05) is 40.9 Å². The Morgan fingerprint density at radius 1 is 0.950 bits per heavy atom. The van der Waals surface area contributed by atoms with Gasteiger partial charge in [0, 0.05) is 5.56 Å². The van der Waals surface area contributed by atoms with E-state index in [2.05, 4.69) is 15.3 Å². The lowest BCUT2D eigenvalue weighted by atomic mass is 10.2. The van der Waals surface area contributed by atoms with E-state index < -0.39 is 0 Å². The molecule has 0 radical (unpaired) electrons. The molecular weight excluding hydrogens is 319 g/mol. The van der Waals surface area contributed by atoms with Crippen molar-refractivity contribution < 1.29 is 0 Å².